The molecule has 0 unspecified atom stereocenters. The predicted octanol–water partition coefficient (Wildman–Crippen LogP) is 3.33. The summed E-state index contributed by atoms with van der Waals surface area (Å²) in [6.45, 7) is 1.73. The number of carbonyl (C=O) groups is 2. The van der Waals surface area contributed by atoms with Crippen LogP contribution in [0.1, 0.15) is 33.2 Å². The molecule has 24 heavy (non-hydrogen) atoms. The monoisotopic (exact) mass is 330 g/mol. The van der Waals surface area contributed by atoms with Crippen LogP contribution < -0.4 is 9.47 Å². The number of carboxylic acid groups (broad SMARTS) is 2. The van der Waals surface area contributed by atoms with Crippen LogP contribution in [0.2, 0.25) is 0 Å². The van der Waals surface area contributed by atoms with E-state index in [9.17, 15) is 19.8 Å². The van der Waals surface area contributed by atoms with E-state index in [0.717, 1.165) is 0 Å². The second-order valence-electron chi connectivity index (χ2n) is 5.08. The molecule has 0 aliphatic carbocycles. The Morgan fingerprint density at radius 3 is 1.96 bits per heavy atom. The third-order valence-electron chi connectivity index (χ3n) is 3.77. The molecule has 0 saturated carbocycles. The van der Waals surface area contributed by atoms with E-state index in [1.54, 1.807) is 25.1 Å². The summed E-state index contributed by atoms with van der Waals surface area (Å²) < 4.78 is 10.4. The minimum absolute atomic E-state index is 0.00601. The molecular weight excluding hydrogens is 312 g/mol. The molecule has 0 spiro atoms. The molecule has 0 amide bonds. The zero-order chi connectivity index (χ0) is 17.9. The third-order valence-corrected chi connectivity index (χ3v) is 3.77. The van der Waals surface area contributed by atoms with Gasteiger partial charge < -0.3 is 19.7 Å². The molecule has 0 aromatic heterocycles. The highest BCUT2D eigenvalue weighted by atomic mass is 16.5. The van der Waals surface area contributed by atoms with Crippen molar-refractivity contribution in [3.05, 3.63) is 47.0 Å². The molecule has 6 nitrogen and oxygen atoms in total. The van der Waals surface area contributed by atoms with Gasteiger partial charge in [-0.25, -0.2) is 9.59 Å². The third kappa shape index (κ3) is 3.17. The Bertz CT molecular complexity index is 772. The Kier molecular flexibility index (Phi) is 5.08. The Morgan fingerprint density at radius 1 is 0.958 bits per heavy atom. The molecule has 0 fully saturated rings. The van der Waals surface area contributed by atoms with Gasteiger partial charge in [0.2, 0.25) is 0 Å². The van der Waals surface area contributed by atoms with Crippen molar-refractivity contribution in [2.24, 2.45) is 0 Å². The van der Waals surface area contributed by atoms with Crippen molar-refractivity contribution in [2.45, 2.75) is 13.3 Å². The lowest BCUT2D eigenvalue weighted by Crippen LogP contribution is -2.11. The van der Waals surface area contributed by atoms with Gasteiger partial charge in [-0.2, -0.15) is 0 Å². The Hall–Kier alpha value is -3.02. The van der Waals surface area contributed by atoms with Crippen LogP contribution in [0.25, 0.3) is 11.1 Å². The molecule has 0 aliphatic heterocycles. The van der Waals surface area contributed by atoms with Gasteiger partial charge in [0.1, 0.15) is 11.5 Å². The normalized spacial score (nSPS) is 10.3. The van der Waals surface area contributed by atoms with Crippen LogP contribution in [0.15, 0.2) is 30.3 Å². The quantitative estimate of drug-likeness (QED) is 0.844. The lowest BCUT2D eigenvalue weighted by Gasteiger charge is -2.15. The summed E-state index contributed by atoms with van der Waals surface area (Å²) in [4.78, 5) is 23.2. The van der Waals surface area contributed by atoms with Crippen molar-refractivity contribution < 1.29 is 29.3 Å². The largest absolute Gasteiger partial charge is 0.497 e. The molecule has 2 aromatic rings. The smallest absolute Gasteiger partial charge is 0.336 e. The topological polar surface area (TPSA) is 93.1 Å². The zero-order valence-corrected chi connectivity index (χ0v) is 13.6. The van der Waals surface area contributed by atoms with Gasteiger partial charge >= 0.3 is 11.9 Å². The van der Waals surface area contributed by atoms with E-state index < -0.39 is 11.9 Å². The first-order valence-corrected chi connectivity index (χ1v) is 7.28. The Balaban J connectivity index is 2.80. The number of aromatic carboxylic acids is 2. The number of hydrogen-bond acceptors (Lipinski definition) is 4. The van der Waals surface area contributed by atoms with Gasteiger partial charge in [-0.05, 0) is 41.3 Å². The van der Waals surface area contributed by atoms with Crippen molar-refractivity contribution >= 4 is 11.9 Å². The fourth-order valence-electron chi connectivity index (χ4n) is 2.66. The van der Waals surface area contributed by atoms with Crippen LogP contribution in [-0.4, -0.2) is 36.4 Å². The molecule has 0 aliphatic rings. The standard InChI is InChI=1S/C18H18O6/c1-4-13-15(17(19)20)6-5-14(16(13)18(21)22)10-7-11(23-2)9-12(8-10)24-3/h5-9H,4H2,1-3H3,(H,19,20)(H,21,22). The van der Waals surface area contributed by atoms with Crippen molar-refractivity contribution in [2.75, 3.05) is 14.2 Å². The summed E-state index contributed by atoms with van der Waals surface area (Å²) in [6, 6.07) is 7.97. The minimum Gasteiger partial charge on any atom is -0.497 e. The number of carboxylic acids is 2. The highest BCUT2D eigenvalue weighted by Gasteiger charge is 2.22. The zero-order valence-electron chi connectivity index (χ0n) is 13.6. The second kappa shape index (κ2) is 7.04. The number of methoxy groups -OCH3 is 2. The summed E-state index contributed by atoms with van der Waals surface area (Å²) in [5, 5.41) is 18.9. The Labute approximate surface area is 139 Å². The molecule has 0 bridgehead atoms. The van der Waals surface area contributed by atoms with Gasteiger partial charge in [0.15, 0.2) is 0 Å². The fraction of sp³-hybridized carbons (Fsp3) is 0.222. The first-order valence-electron chi connectivity index (χ1n) is 7.28. The summed E-state index contributed by atoms with van der Waals surface area (Å²) in [6.07, 6.45) is 0.290. The molecular formula is C18H18O6. The van der Waals surface area contributed by atoms with E-state index in [1.165, 1.54) is 26.4 Å². The van der Waals surface area contributed by atoms with Crippen LogP contribution >= 0.6 is 0 Å². The number of hydrogen-bond donors (Lipinski definition) is 2. The van der Waals surface area contributed by atoms with Crippen molar-refractivity contribution in [3.8, 4) is 22.6 Å². The van der Waals surface area contributed by atoms with E-state index >= 15 is 0 Å². The summed E-state index contributed by atoms with van der Waals surface area (Å²) >= 11 is 0. The molecule has 0 heterocycles. The van der Waals surface area contributed by atoms with Crippen LogP contribution in [0.5, 0.6) is 11.5 Å². The SMILES string of the molecule is CCc1c(C(=O)O)ccc(-c2cc(OC)cc(OC)c2)c1C(=O)O. The lowest BCUT2D eigenvalue weighted by molar-refractivity contribution is 0.0695. The van der Waals surface area contributed by atoms with E-state index in [2.05, 4.69) is 0 Å². The fourth-order valence-corrected chi connectivity index (χ4v) is 2.66. The van der Waals surface area contributed by atoms with Crippen molar-refractivity contribution in [1.29, 1.82) is 0 Å². The summed E-state index contributed by atoms with van der Waals surface area (Å²) in [5.74, 6) is -1.29. The van der Waals surface area contributed by atoms with Crippen LogP contribution in [0.3, 0.4) is 0 Å². The van der Waals surface area contributed by atoms with Crippen LogP contribution in [0.4, 0.5) is 0 Å². The molecule has 0 atom stereocenters. The number of benzene rings is 2. The number of rotatable bonds is 6. The van der Waals surface area contributed by atoms with E-state index in [-0.39, 0.29) is 23.1 Å². The molecule has 2 N–H and O–H groups in total. The highest BCUT2D eigenvalue weighted by molar-refractivity contribution is 6.02. The second-order valence-corrected chi connectivity index (χ2v) is 5.08. The van der Waals surface area contributed by atoms with E-state index in [1.807, 2.05) is 0 Å². The molecule has 0 saturated heterocycles. The maximum Gasteiger partial charge on any atom is 0.336 e. The van der Waals surface area contributed by atoms with Crippen molar-refractivity contribution in [1.82, 2.24) is 0 Å². The summed E-state index contributed by atoms with van der Waals surface area (Å²) in [7, 11) is 3.00. The summed E-state index contributed by atoms with van der Waals surface area (Å²) in [5.41, 5.74) is 1.26. The molecule has 0 radical (unpaired) electrons. The van der Waals surface area contributed by atoms with E-state index in [4.69, 9.17) is 9.47 Å². The molecule has 6 heteroatoms. The lowest BCUT2D eigenvalue weighted by atomic mass is 9.90. The van der Waals surface area contributed by atoms with Gasteiger partial charge in [-0.1, -0.05) is 13.0 Å². The number of ether oxygens (including phenoxy) is 2. The van der Waals surface area contributed by atoms with Gasteiger partial charge in [0.25, 0.3) is 0 Å². The van der Waals surface area contributed by atoms with Gasteiger partial charge in [-0.15, -0.1) is 0 Å². The Morgan fingerprint density at radius 2 is 1.54 bits per heavy atom. The first kappa shape index (κ1) is 17.3. The molecule has 2 rings (SSSR count). The van der Waals surface area contributed by atoms with Crippen LogP contribution in [-0.2, 0) is 6.42 Å². The average Bonchev–Trinajstić information content (AvgIpc) is 2.59. The molecule has 126 valence electrons. The molecule has 2 aromatic carbocycles. The minimum atomic E-state index is -1.17. The maximum atomic E-state index is 11.8. The average molecular weight is 330 g/mol. The van der Waals surface area contributed by atoms with E-state index in [0.29, 0.717) is 22.6 Å². The van der Waals surface area contributed by atoms with Gasteiger partial charge in [0.05, 0.1) is 25.3 Å². The van der Waals surface area contributed by atoms with Crippen LogP contribution in [0, 0.1) is 0 Å². The predicted molar refractivity (Wildman–Crippen MR) is 88.3 cm³/mol. The van der Waals surface area contributed by atoms with Crippen molar-refractivity contribution in [3.63, 3.8) is 0 Å². The maximum absolute atomic E-state index is 11.8. The van der Waals surface area contributed by atoms with Gasteiger partial charge in [-0.3, -0.25) is 0 Å². The van der Waals surface area contributed by atoms with Gasteiger partial charge in [0, 0.05) is 6.07 Å². The highest BCUT2D eigenvalue weighted by Crippen LogP contribution is 2.34. The first-order chi connectivity index (χ1) is 11.4.